The summed E-state index contributed by atoms with van der Waals surface area (Å²) >= 11 is 11.9. The van der Waals surface area contributed by atoms with Gasteiger partial charge >= 0.3 is 0 Å². The summed E-state index contributed by atoms with van der Waals surface area (Å²) in [4.78, 5) is 24.7. The van der Waals surface area contributed by atoms with Crippen LogP contribution in [0.1, 0.15) is 55.3 Å². The van der Waals surface area contributed by atoms with Gasteiger partial charge in [0.15, 0.2) is 0 Å². The molecule has 4 aliphatic rings. The molecule has 1 aromatic rings. The third kappa shape index (κ3) is 3.45. The van der Waals surface area contributed by atoms with Gasteiger partial charge in [-0.1, -0.05) is 23.2 Å². The van der Waals surface area contributed by atoms with Gasteiger partial charge in [0.1, 0.15) is 0 Å². The van der Waals surface area contributed by atoms with E-state index in [-0.39, 0.29) is 21.9 Å². The van der Waals surface area contributed by atoms with Crippen molar-refractivity contribution in [2.45, 2.75) is 50.5 Å². The Morgan fingerprint density at radius 2 is 1.81 bits per heavy atom. The summed E-state index contributed by atoms with van der Waals surface area (Å²) in [5.41, 5.74) is 4.39. The van der Waals surface area contributed by atoms with Crippen molar-refractivity contribution in [3.05, 3.63) is 33.8 Å². The Kier molecular flexibility index (Phi) is 4.45. The van der Waals surface area contributed by atoms with Crippen molar-refractivity contribution in [3.8, 4) is 0 Å². The molecule has 4 saturated carbocycles. The number of amides is 2. The second-order valence-corrected chi connectivity index (χ2v) is 9.33. The minimum Gasteiger partial charge on any atom is -0.390 e. The third-order valence-corrected chi connectivity index (χ3v) is 6.74. The Hall–Kier alpha value is -1.30. The van der Waals surface area contributed by atoms with E-state index in [1.165, 1.54) is 18.6 Å². The molecule has 4 atom stereocenters. The van der Waals surface area contributed by atoms with Gasteiger partial charge in [-0.2, -0.15) is 0 Å². The molecule has 3 N–H and O–H groups in total. The maximum absolute atomic E-state index is 12.5. The van der Waals surface area contributed by atoms with Crippen LogP contribution in [0.15, 0.2) is 18.2 Å². The number of hydrazine groups is 1. The Balaban J connectivity index is 1.37. The predicted octanol–water partition coefficient (Wildman–Crippen LogP) is 3.48. The summed E-state index contributed by atoms with van der Waals surface area (Å²) in [6.07, 6.45) is 5.92. The number of rotatable bonds is 3. The summed E-state index contributed by atoms with van der Waals surface area (Å²) < 4.78 is 0. The van der Waals surface area contributed by atoms with Crippen LogP contribution in [-0.2, 0) is 4.79 Å². The molecule has 2 amide bonds. The van der Waals surface area contributed by atoms with Gasteiger partial charge < -0.3 is 5.11 Å². The number of hydrogen-bond donors (Lipinski definition) is 3. The van der Waals surface area contributed by atoms with Crippen LogP contribution in [0.5, 0.6) is 0 Å². The first-order chi connectivity index (χ1) is 12.3. The molecule has 4 aliphatic carbocycles. The average Bonchev–Trinajstić information content (AvgIpc) is 2.52. The zero-order valence-electron chi connectivity index (χ0n) is 14.4. The lowest BCUT2D eigenvalue weighted by atomic mass is 9.47. The van der Waals surface area contributed by atoms with Crippen LogP contribution in [0.3, 0.4) is 0 Å². The number of halogens is 2. The summed E-state index contributed by atoms with van der Waals surface area (Å²) in [5.74, 6) is 0.305. The third-order valence-electron chi connectivity index (χ3n) is 6.18. The van der Waals surface area contributed by atoms with Gasteiger partial charge in [0.25, 0.3) is 5.91 Å². The first kappa shape index (κ1) is 18.1. The minimum atomic E-state index is -0.595. The van der Waals surface area contributed by atoms with Crippen LogP contribution in [0.2, 0.25) is 10.0 Å². The van der Waals surface area contributed by atoms with Crippen LogP contribution in [-0.4, -0.2) is 22.5 Å². The molecule has 0 saturated heterocycles. The van der Waals surface area contributed by atoms with Crippen LogP contribution in [0, 0.1) is 17.3 Å². The molecule has 140 valence electrons. The second kappa shape index (κ2) is 6.39. The van der Waals surface area contributed by atoms with E-state index >= 15 is 0 Å². The topological polar surface area (TPSA) is 78.4 Å². The standard InChI is InChI=1S/C19H22Cl2N2O3/c20-13-1-2-15(21)14(4-13)17(25)23-22-16(24)9-18-5-11-3-12(6-18)8-19(26,7-11)10-18/h1-2,4,11-12,26H,3,5-10H2,(H,22,24)(H,23,25)/t11-,12+,18?,19?. The molecular formula is C19H22Cl2N2O3. The molecule has 1 aromatic carbocycles. The lowest BCUT2D eigenvalue weighted by Gasteiger charge is -2.60. The van der Waals surface area contributed by atoms with E-state index in [1.807, 2.05) is 0 Å². The van der Waals surface area contributed by atoms with Gasteiger partial charge in [0, 0.05) is 11.4 Å². The molecular weight excluding hydrogens is 375 g/mol. The zero-order valence-corrected chi connectivity index (χ0v) is 15.9. The fraction of sp³-hybridized carbons (Fsp3) is 0.579. The van der Waals surface area contributed by atoms with E-state index in [2.05, 4.69) is 10.9 Å². The predicted molar refractivity (Wildman–Crippen MR) is 98.8 cm³/mol. The monoisotopic (exact) mass is 396 g/mol. The quantitative estimate of drug-likeness (QED) is 0.684. The Bertz CT molecular complexity index is 753. The number of carbonyl (C=O) groups excluding carboxylic acids is 2. The molecule has 2 unspecified atom stereocenters. The first-order valence-electron chi connectivity index (χ1n) is 9.03. The highest BCUT2D eigenvalue weighted by Gasteiger charge is 2.57. The summed E-state index contributed by atoms with van der Waals surface area (Å²) in [6.45, 7) is 0. The van der Waals surface area contributed by atoms with Crippen molar-refractivity contribution in [1.82, 2.24) is 10.9 Å². The maximum Gasteiger partial charge on any atom is 0.271 e. The molecule has 26 heavy (non-hydrogen) atoms. The highest BCUT2D eigenvalue weighted by Crippen LogP contribution is 2.62. The molecule has 4 fully saturated rings. The number of carbonyl (C=O) groups is 2. The van der Waals surface area contributed by atoms with Gasteiger partial charge in [-0.15, -0.1) is 0 Å². The molecule has 0 aliphatic heterocycles. The van der Waals surface area contributed by atoms with E-state index in [0.29, 0.717) is 29.7 Å². The summed E-state index contributed by atoms with van der Waals surface area (Å²) in [5, 5.41) is 11.4. The van der Waals surface area contributed by atoms with Gasteiger partial charge in [0.2, 0.25) is 5.91 Å². The van der Waals surface area contributed by atoms with Gasteiger partial charge in [-0.3, -0.25) is 20.4 Å². The largest absolute Gasteiger partial charge is 0.390 e. The van der Waals surface area contributed by atoms with E-state index in [1.54, 1.807) is 6.07 Å². The van der Waals surface area contributed by atoms with Gasteiger partial charge in [-0.25, -0.2) is 0 Å². The van der Waals surface area contributed by atoms with Crippen molar-refractivity contribution in [2.75, 3.05) is 0 Å². The fourth-order valence-electron chi connectivity index (χ4n) is 5.86. The lowest BCUT2D eigenvalue weighted by Crippen LogP contribution is -2.57. The molecule has 0 heterocycles. The van der Waals surface area contributed by atoms with Crippen LogP contribution < -0.4 is 10.9 Å². The fourth-order valence-corrected chi connectivity index (χ4v) is 6.23. The highest BCUT2D eigenvalue weighted by molar-refractivity contribution is 6.35. The Morgan fingerprint density at radius 3 is 2.46 bits per heavy atom. The number of hydrogen-bond acceptors (Lipinski definition) is 3. The molecule has 0 aromatic heterocycles. The van der Waals surface area contributed by atoms with Crippen LogP contribution >= 0.6 is 23.2 Å². The van der Waals surface area contributed by atoms with Crippen molar-refractivity contribution < 1.29 is 14.7 Å². The van der Waals surface area contributed by atoms with Gasteiger partial charge in [0.05, 0.1) is 16.2 Å². The van der Waals surface area contributed by atoms with E-state index in [9.17, 15) is 14.7 Å². The first-order valence-corrected chi connectivity index (χ1v) is 9.78. The van der Waals surface area contributed by atoms with E-state index in [4.69, 9.17) is 23.2 Å². The van der Waals surface area contributed by atoms with Crippen molar-refractivity contribution in [1.29, 1.82) is 0 Å². The minimum absolute atomic E-state index is 0.138. The summed E-state index contributed by atoms with van der Waals surface area (Å²) in [6, 6.07) is 4.59. The van der Waals surface area contributed by atoms with Crippen LogP contribution in [0.25, 0.3) is 0 Å². The second-order valence-electron chi connectivity index (χ2n) is 8.49. The Labute approximate surface area is 162 Å². The number of nitrogens with one attached hydrogen (secondary N) is 2. The van der Waals surface area contributed by atoms with E-state index in [0.717, 1.165) is 25.7 Å². The lowest BCUT2D eigenvalue weighted by molar-refractivity contribution is -0.169. The van der Waals surface area contributed by atoms with Crippen molar-refractivity contribution in [2.24, 2.45) is 17.3 Å². The molecule has 4 bridgehead atoms. The van der Waals surface area contributed by atoms with Gasteiger partial charge in [-0.05, 0) is 74.0 Å². The summed E-state index contributed by atoms with van der Waals surface area (Å²) in [7, 11) is 0. The average molecular weight is 397 g/mol. The normalized spacial score (nSPS) is 34.6. The molecule has 5 nitrogen and oxygen atoms in total. The highest BCUT2D eigenvalue weighted by atomic mass is 35.5. The molecule has 0 spiro atoms. The maximum atomic E-state index is 12.5. The number of benzene rings is 1. The van der Waals surface area contributed by atoms with Crippen LogP contribution in [0.4, 0.5) is 0 Å². The SMILES string of the molecule is O=C(CC12C[C@@H]3C[C@@H](CC(O)(C3)C1)C2)NNC(=O)c1cc(Cl)ccc1Cl. The number of aliphatic hydroxyl groups is 1. The van der Waals surface area contributed by atoms with Crippen molar-refractivity contribution >= 4 is 35.0 Å². The van der Waals surface area contributed by atoms with E-state index < -0.39 is 11.5 Å². The molecule has 7 heteroatoms. The molecule has 5 rings (SSSR count). The smallest absolute Gasteiger partial charge is 0.271 e. The Morgan fingerprint density at radius 1 is 1.12 bits per heavy atom. The van der Waals surface area contributed by atoms with Crippen molar-refractivity contribution in [3.63, 3.8) is 0 Å². The zero-order chi connectivity index (χ0) is 18.5. The molecule has 0 radical (unpaired) electrons.